The monoisotopic (exact) mass is 309 g/mol. The van der Waals surface area contributed by atoms with Gasteiger partial charge in [-0.3, -0.25) is 0 Å². The van der Waals surface area contributed by atoms with Crippen LogP contribution in [0.3, 0.4) is 0 Å². The van der Waals surface area contributed by atoms with E-state index in [1.165, 1.54) is 0 Å². The maximum atomic E-state index is 12.2. The molecule has 114 valence electrons. The molecule has 1 aliphatic heterocycles. The molecule has 1 aromatic heterocycles. The lowest BCUT2D eigenvalue weighted by Gasteiger charge is -2.22. The summed E-state index contributed by atoms with van der Waals surface area (Å²) >= 11 is 0. The molecule has 0 radical (unpaired) electrons. The zero-order valence-electron chi connectivity index (χ0n) is 11.7. The van der Waals surface area contributed by atoms with Crippen molar-refractivity contribution >= 4 is 21.1 Å². The highest BCUT2D eigenvalue weighted by Gasteiger charge is 2.27. The van der Waals surface area contributed by atoms with Crippen LogP contribution in [-0.4, -0.2) is 43.4 Å². The number of rotatable bonds is 5. The summed E-state index contributed by atoms with van der Waals surface area (Å²) < 4.78 is 32.2. The van der Waals surface area contributed by atoms with Crippen LogP contribution in [0, 0.1) is 0 Å². The smallest absolute Gasteiger partial charge is 0.214 e. The average Bonchev–Trinajstić information content (AvgIpc) is 2.90. The van der Waals surface area contributed by atoms with Crippen molar-refractivity contribution in [3.05, 3.63) is 30.1 Å². The Morgan fingerprint density at radius 2 is 2.05 bits per heavy atom. The van der Waals surface area contributed by atoms with Crippen molar-refractivity contribution in [2.24, 2.45) is 0 Å². The van der Waals surface area contributed by atoms with E-state index < -0.39 is 10.0 Å². The number of nitrogens with zero attached hydrogens (tertiary/aromatic N) is 1. The number of imidazole rings is 1. The summed E-state index contributed by atoms with van der Waals surface area (Å²) in [7, 11) is -3.26. The van der Waals surface area contributed by atoms with Gasteiger partial charge < -0.3 is 9.72 Å². The second kappa shape index (κ2) is 6.13. The van der Waals surface area contributed by atoms with Crippen LogP contribution < -0.4 is 4.72 Å². The third kappa shape index (κ3) is 3.42. The van der Waals surface area contributed by atoms with Gasteiger partial charge in [0.25, 0.3) is 0 Å². The third-order valence-corrected chi connectivity index (χ3v) is 5.67. The molecule has 21 heavy (non-hydrogen) atoms. The van der Waals surface area contributed by atoms with Gasteiger partial charge in [0.1, 0.15) is 5.82 Å². The van der Waals surface area contributed by atoms with E-state index in [4.69, 9.17) is 4.74 Å². The number of aromatic nitrogens is 2. The zero-order chi connectivity index (χ0) is 14.7. The number of aromatic amines is 1. The number of ether oxygens (including phenoxy) is 1. The van der Waals surface area contributed by atoms with Gasteiger partial charge in [0.15, 0.2) is 0 Å². The van der Waals surface area contributed by atoms with E-state index >= 15 is 0 Å². The lowest BCUT2D eigenvalue weighted by atomic mass is 10.2. The normalized spacial score (nSPS) is 17.3. The van der Waals surface area contributed by atoms with Crippen LogP contribution in [-0.2, 0) is 21.2 Å². The van der Waals surface area contributed by atoms with E-state index in [0.29, 0.717) is 39.0 Å². The molecule has 1 saturated heterocycles. The molecule has 1 aromatic carbocycles. The number of benzene rings is 1. The first kappa shape index (κ1) is 14.5. The minimum Gasteiger partial charge on any atom is -0.381 e. The van der Waals surface area contributed by atoms with Crippen LogP contribution in [0.25, 0.3) is 11.0 Å². The van der Waals surface area contributed by atoms with Gasteiger partial charge in [0, 0.05) is 26.2 Å². The number of H-pyrrole nitrogens is 1. The highest BCUT2D eigenvalue weighted by molar-refractivity contribution is 7.90. The minimum atomic E-state index is -3.26. The Morgan fingerprint density at radius 3 is 2.81 bits per heavy atom. The van der Waals surface area contributed by atoms with Gasteiger partial charge in [-0.25, -0.2) is 18.1 Å². The standard InChI is InChI=1S/C14H19N3O3S/c18-21(19,11-6-9-20-10-7-11)15-8-5-14-16-12-3-1-2-4-13(12)17-14/h1-4,11,15H,5-10H2,(H,16,17). The van der Waals surface area contributed by atoms with Gasteiger partial charge >= 0.3 is 0 Å². The summed E-state index contributed by atoms with van der Waals surface area (Å²) in [6.45, 7) is 1.41. The predicted molar refractivity (Wildman–Crippen MR) is 80.6 cm³/mol. The molecule has 0 spiro atoms. The number of para-hydroxylation sites is 2. The van der Waals surface area contributed by atoms with Crippen molar-refractivity contribution < 1.29 is 13.2 Å². The average molecular weight is 309 g/mol. The maximum absolute atomic E-state index is 12.2. The Kier molecular flexibility index (Phi) is 4.23. The summed E-state index contributed by atoms with van der Waals surface area (Å²) in [6, 6.07) is 7.76. The highest BCUT2D eigenvalue weighted by Crippen LogP contribution is 2.15. The number of sulfonamides is 1. The molecular formula is C14H19N3O3S. The molecule has 1 aliphatic rings. The fraction of sp³-hybridized carbons (Fsp3) is 0.500. The van der Waals surface area contributed by atoms with E-state index in [1.54, 1.807) is 0 Å². The summed E-state index contributed by atoms with van der Waals surface area (Å²) in [5.74, 6) is 0.797. The third-order valence-electron chi connectivity index (χ3n) is 3.71. The Morgan fingerprint density at radius 1 is 1.29 bits per heavy atom. The molecule has 0 saturated carbocycles. The van der Waals surface area contributed by atoms with Crippen LogP contribution in [0.2, 0.25) is 0 Å². The van der Waals surface area contributed by atoms with Crippen molar-refractivity contribution in [2.75, 3.05) is 19.8 Å². The lowest BCUT2D eigenvalue weighted by molar-refractivity contribution is 0.0981. The fourth-order valence-corrected chi connectivity index (χ4v) is 3.98. The quantitative estimate of drug-likeness (QED) is 0.869. The zero-order valence-corrected chi connectivity index (χ0v) is 12.5. The molecule has 2 heterocycles. The molecule has 6 nitrogen and oxygen atoms in total. The molecule has 3 rings (SSSR count). The van der Waals surface area contributed by atoms with Crippen LogP contribution in [0.4, 0.5) is 0 Å². The summed E-state index contributed by atoms with van der Waals surface area (Å²) in [5, 5.41) is -0.332. The number of hydrogen-bond donors (Lipinski definition) is 2. The Balaban J connectivity index is 1.57. The maximum Gasteiger partial charge on any atom is 0.214 e. The second-order valence-electron chi connectivity index (χ2n) is 5.20. The topological polar surface area (TPSA) is 84.1 Å². The Labute approximate surface area is 124 Å². The van der Waals surface area contributed by atoms with E-state index in [0.717, 1.165) is 16.9 Å². The van der Waals surface area contributed by atoms with Gasteiger partial charge in [-0.15, -0.1) is 0 Å². The van der Waals surface area contributed by atoms with Crippen molar-refractivity contribution in [1.82, 2.24) is 14.7 Å². The fourth-order valence-electron chi connectivity index (χ4n) is 2.54. The Hall–Kier alpha value is -1.44. The Bertz CT molecular complexity index is 672. The van der Waals surface area contributed by atoms with Gasteiger partial charge in [-0.05, 0) is 25.0 Å². The largest absolute Gasteiger partial charge is 0.381 e. The predicted octanol–water partition coefficient (Wildman–Crippen LogP) is 1.20. The lowest BCUT2D eigenvalue weighted by Crippen LogP contribution is -2.38. The summed E-state index contributed by atoms with van der Waals surface area (Å²) in [5.41, 5.74) is 1.87. The minimum absolute atomic E-state index is 0.332. The summed E-state index contributed by atoms with van der Waals surface area (Å²) in [6.07, 6.45) is 1.69. The second-order valence-corrected chi connectivity index (χ2v) is 7.25. The van der Waals surface area contributed by atoms with Crippen LogP contribution >= 0.6 is 0 Å². The first-order chi connectivity index (χ1) is 10.1. The molecule has 0 amide bonds. The number of nitrogens with one attached hydrogen (secondary N) is 2. The van der Waals surface area contributed by atoms with Crippen molar-refractivity contribution in [1.29, 1.82) is 0 Å². The molecule has 0 aliphatic carbocycles. The molecule has 2 N–H and O–H groups in total. The molecular weight excluding hydrogens is 290 g/mol. The molecule has 0 unspecified atom stereocenters. The number of fused-ring (bicyclic) bond motifs is 1. The molecule has 1 fully saturated rings. The first-order valence-corrected chi connectivity index (χ1v) is 8.69. The van der Waals surface area contributed by atoms with Crippen LogP contribution in [0.5, 0.6) is 0 Å². The van der Waals surface area contributed by atoms with Gasteiger partial charge in [0.2, 0.25) is 10.0 Å². The van der Waals surface area contributed by atoms with E-state index in [1.807, 2.05) is 24.3 Å². The van der Waals surface area contributed by atoms with E-state index in [2.05, 4.69) is 14.7 Å². The molecule has 0 bridgehead atoms. The van der Waals surface area contributed by atoms with Crippen molar-refractivity contribution in [3.8, 4) is 0 Å². The first-order valence-electron chi connectivity index (χ1n) is 7.15. The van der Waals surface area contributed by atoms with Crippen molar-refractivity contribution in [3.63, 3.8) is 0 Å². The van der Waals surface area contributed by atoms with Crippen molar-refractivity contribution in [2.45, 2.75) is 24.5 Å². The van der Waals surface area contributed by atoms with Gasteiger partial charge in [0.05, 0.1) is 16.3 Å². The van der Waals surface area contributed by atoms with E-state index in [-0.39, 0.29) is 5.25 Å². The van der Waals surface area contributed by atoms with Crippen LogP contribution in [0.15, 0.2) is 24.3 Å². The van der Waals surface area contributed by atoms with E-state index in [9.17, 15) is 8.42 Å². The molecule has 7 heteroatoms. The summed E-state index contributed by atoms with van der Waals surface area (Å²) in [4.78, 5) is 7.63. The highest BCUT2D eigenvalue weighted by atomic mass is 32.2. The van der Waals surface area contributed by atoms with Crippen LogP contribution in [0.1, 0.15) is 18.7 Å². The molecule has 0 atom stereocenters. The number of hydrogen-bond acceptors (Lipinski definition) is 4. The SMILES string of the molecule is O=S(=O)(NCCc1nc2ccccc2[nH]1)C1CCOCC1. The van der Waals surface area contributed by atoms with Gasteiger partial charge in [-0.1, -0.05) is 12.1 Å². The molecule has 2 aromatic rings. The van der Waals surface area contributed by atoms with Gasteiger partial charge in [-0.2, -0.15) is 0 Å².